The SMILES string of the molecule is Cc1ccc(-c2nc(CSc3nc(C)c(C)c(=O)[nH]3)no2)cc1. The molecule has 118 valence electrons. The molecule has 1 aromatic carbocycles. The maximum atomic E-state index is 11.7. The van der Waals surface area contributed by atoms with Gasteiger partial charge in [-0.25, -0.2) is 4.98 Å². The van der Waals surface area contributed by atoms with E-state index in [1.54, 1.807) is 6.92 Å². The van der Waals surface area contributed by atoms with Crippen LogP contribution in [0, 0.1) is 20.8 Å². The summed E-state index contributed by atoms with van der Waals surface area (Å²) in [4.78, 5) is 23.2. The number of hydrogen-bond donors (Lipinski definition) is 1. The number of nitrogens with one attached hydrogen (secondary N) is 1. The third-order valence-corrected chi connectivity index (χ3v) is 4.35. The molecule has 2 heterocycles. The van der Waals surface area contributed by atoms with E-state index in [4.69, 9.17) is 4.52 Å². The lowest BCUT2D eigenvalue weighted by Crippen LogP contribution is -2.14. The largest absolute Gasteiger partial charge is 0.334 e. The zero-order valence-corrected chi connectivity index (χ0v) is 13.9. The number of hydrogen-bond acceptors (Lipinski definition) is 6. The molecule has 0 fully saturated rings. The van der Waals surface area contributed by atoms with Crippen molar-refractivity contribution in [3.05, 3.63) is 57.3 Å². The van der Waals surface area contributed by atoms with Crippen molar-refractivity contribution in [2.24, 2.45) is 0 Å². The summed E-state index contributed by atoms with van der Waals surface area (Å²) in [6.07, 6.45) is 0. The topological polar surface area (TPSA) is 84.7 Å². The molecule has 6 nitrogen and oxygen atoms in total. The highest BCUT2D eigenvalue weighted by Gasteiger charge is 2.10. The van der Waals surface area contributed by atoms with Crippen molar-refractivity contribution in [1.82, 2.24) is 20.1 Å². The van der Waals surface area contributed by atoms with Gasteiger partial charge in [-0.3, -0.25) is 4.79 Å². The molecule has 2 aromatic heterocycles. The van der Waals surface area contributed by atoms with E-state index in [9.17, 15) is 4.79 Å². The number of benzene rings is 1. The Labute approximate surface area is 137 Å². The lowest BCUT2D eigenvalue weighted by molar-refractivity contribution is 0.425. The first-order valence-electron chi connectivity index (χ1n) is 7.13. The zero-order chi connectivity index (χ0) is 16.4. The maximum absolute atomic E-state index is 11.7. The summed E-state index contributed by atoms with van der Waals surface area (Å²) in [7, 11) is 0. The fourth-order valence-corrected chi connectivity index (χ4v) is 2.70. The van der Waals surface area contributed by atoms with Crippen molar-refractivity contribution in [2.75, 3.05) is 0 Å². The highest BCUT2D eigenvalue weighted by atomic mass is 32.2. The summed E-state index contributed by atoms with van der Waals surface area (Å²) in [6, 6.07) is 7.89. The van der Waals surface area contributed by atoms with E-state index >= 15 is 0 Å². The number of aromatic nitrogens is 4. The maximum Gasteiger partial charge on any atom is 0.257 e. The second-order valence-corrected chi connectivity index (χ2v) is 6.22. The highest BCUT2D eigenvalue weighted by Crippen LogP contribution is 2.21. The fourth-order valence-electron chi connectivity index (χ4n) is 1.95. The summed E-state index contributed by atoms with van der Waals surface area (Å²) in [5.41, 5.74) is 3.31. The number of aryl methyl sites for hydroxylation is 2. The van der Waals surface area contributed by atoms with Crippen LogP contribution in [-0.4, -0.2) is 20.1 Å². The minimum atomic E-state index is -0.117. The van der Waals surface area contributed by atoms with Crippen LogP contribution in [0.3, 0.4) is 0 Å². The Morgan fingerprint density at radius 2 is 1.87 bits per heavy atom. The van der Waals surface area contributed by atoms with Crippen LogP contribution >= 0.6 is 11.8 Å². The lowest BCUT2D eigenvalue weighted by Gasteiger charge is -2.01. The van der Waals surface area contributed by atoms with Crippen LogP contribution in [0.2, 0.25) is 0 Å². The molecule has 7 heteroatoms. The van der Waals surface area contributed by atoms with Gasteiger partial charge < -0.3 is 9.51 Å². The molecule has 23 heavy (non-hydrogen) atoms. The Hall–Kier alpha value is -2.41. The van der Waals surface area contributed by atoms with E-state index in [0.717, 1.165) is 11.3 Å². The van der Waals surface area contributed by atoms with Gasteiger partial charge in [0.25, 0.3) is 11.4 Å². The van der Waals surface area contributed by atoms with Gasteiger partial charge in [0, 0.05) is 16.8 Å². The van der Waals surface area contributed by atoms with E-state index < -0.39 is 0 Å². The molecule has 1 N–H and O–H groups in total. The molecule has 0 aliphatic rings. The van der Waals surface area contributed by atoms with Gasteiger partial charge in [0.2, 0.25) is 0 Å². The molecule has 3 rings (SSSR count). The second kappa shape index (κ2) is 6.37. The molecule has 0 radical (unpaired) electrons. The lowest BCUT2D eigenvalue weighted by atomic mass is 10.1. The van der Waals surface area contributed by atoms with E-state index in [2.05, 4.69) is 20.1 Å². The van der Waals surface area contributed by atoms with Gasteiger partial charge in [-0.1, -0.05) is 34.6 Å². The predicted octanol–water partition coefficient (Wildman–Crippen LogP) is 3.04. The van der Waals surface area contributed by atoms with Crippen LogP contribution in [0.15, 0.2) is 38.7 Å². The Kier molecular flexibility index (Phi) is 4.29. The minimum absolute atomic E-state index is 0.117. The number of thioether (sulfide) groups is 1. The number of nitrogens with zero attached hydrogens (tertiary/aromatic N) is 3. The zero-order valence-electron chi connectivity index (χ0n) is 13.1. The van der Waals surface area contributed by atoms with E-state index in [-0.39, 0.29) is 5.56 Å². The van der Waals surface area contributed by atoms with Crippen molar-refractivity contribution in [2.45, 2.75) is 31.7 Å². The van der Waals surface area contributed by atoms with Gasteiger partial charge in [-0.15, -0.1) is 0 Å². The molecule has 0 bridgehead atoms. The van der Waals surface area contributed by atoms with Crippen LogP contribution in [0.5, 0.6) is 0 Å². The highest BCUT2D eigenvalue weighted by molar-refractivity contribution is 7.98. The minimum Gasteiger partial charge on any atom is -0.334 e. The third kappa shape index (κ3) is 3.50. The Bertz CT molecular complexity index is 884. The van der Waals surface area contributed by atoms with Crippen LogP contribution in [0.4, 0.5) is 0 Å². The molecule has 0 aliphatic heterocycles. The Balaban J connectivity index is 1.72. The molecular formula is C16H16N4O2S. The van der Waals surface area contributed by atoms with Gasteiger partial charge in [0.1, 0.15) is 0 Å². The number of rotatable bonds is 4. The standard InChI is InChI=1S/C16H16N4O2S/c1-9-4-6-12(7-5-9)15-18-13(20-22-15)8-23-16-17-11(3)10(2)14(21)19-16/h4-7H,8H2,1-3H3,(H,17,19,21). The smallest absolute Gasteiger partial charge is 0.257 e. The average molecular weight is 328 g/mol. The van der Waals surface area contributed by atoms with Gasteiger partial charge >= 0.3 is 0 Å². The van der Waals surface area contributed by atoms with Crippen LogP contribution in [0.1, 0.15) is 22.6 Å². The van der Waals surface area contributed by atoms with Crippen molar-refractivity contribution < 1.29 is 4.52 Å². The second-order valence-electron chi connectivity index (χ2n) is 5.25. The first-order valence-corrected chi connectivity index (χ1v) is 8.11. The molecule has 3 aromatic rings. The normalized spacial score (nSPS) is 10.9. The number of aromatic amines is 1. The van der Waals surface area contributed by atoms with Crippen LogP contribution in [-0.2, 0) is 5.75 Å². The molecule has 0 amide bonds. The molecule has 0 saturated heterocycles. The van der Waals surface area contributed by atoms with E-state index in [1.165, 1.54) is 17.3 Å². The molecule has 0 saturated carbocycles. The van der Waals surface area contributed by atoms with Crippen molar-refractivity contribution >= 4 is 11.8 Å². The first kappa shape index (κ1) is 15.5. The van der Waals surface area contributed by atoms with E-state index in [1.807, 2.05) is 38.1 Å². The summed E-state index contributed by atoms with van der Waals surface area (Å²) in [6.45, 7) is 5.60. The monoisotopic (exact) mass is 328 g/mol. The van der Waals surface area contributed by atoms with Gasteiger partial charge in [0.15, 0.2) is 11.0 Å². The van der Waals surface area contributed by atoms with Crippen molar-refractivity contribution in [3.63, 3.8) is 0 Å². The summed E-state index contributed by atoms with van der Waals surface area (Å²) >= 11 is 1.37. The van der Waals surface area contributed by atoms with Gasteiger partial charge in [0.05, 0.1) is 5.75 Å². The first-order chi connectivity index (χ1) is 11.0. The molecule has 0 atom stereocenters. The van der Waals surface area contributed by atoms with Crippen molar-refractivity contribution in [1.29, 1.82) is 0 Å². The quantitative estimate of drug-likeness (QED) is 0.585. The van der Waals surface area contributed by atoms with E-state index in [0.29, 0.717) is 28.2 Å². The fraction of sp³-hybridized carbons (Fsp3) is 0.250. The number of H-pyrrole nitrogens is 1. The molecule has 0 aliphatic carbocycles. The van der Waals surface area contributed by atoms with Gasteiger partial charge in [-0.2, -0.15) is 4.98 Å². The van der Waals surface area contributed by atoms with Gasteiger partial charge in [-0.05, 0) is 32.9 Å². The summed E-state index contributed by atoms with van der Waals surface area (Å²) in [5.74, 6) is 1.52. The summed E-state index contributed by atoms with van der Waals surface area (Å²) in [5, 5.41) is 4.52. The Morgan fingerprint density at radius 3 is 2.57 bits per heavy atom. The molecule has 0 unspecified atom stereocenters. The van der Waals surface area contributed by atoms with Crippen LogP contribution in [0.25, 0.3) is 11.5 Å². The average Bonchev–Trinajstić information content (AvgIpc) is 3.00. The predicted molar refractivity (Wildman–Crippen MR) is 88.4 cm³/mol. The third-order valence-electron chi connectivity index (χ3n) is 3.48. The Morgan fingerprint density at radius 1 is 1.13 bits per heavy atom. The van der Waals surface area contributed by atoms with Crippen molar-refractivity contribution in [3.8, 4) is 11.5 Å². The summed E-state index contributed by atoms with van der Waals surface area (Å²) < 4.78 is 5.28. The molecular weight excluding hydrogens is 312 g/mol. The van der Waals surface area contributed by atoms with Crippen LogP contribution < -0.4 is 5.56 Å². The molecule has 0 spiro atoms.